The molecule has 1 fully saturated rings. The summed E-state index contributed by atoms with van der Waals surface area (Å²) in [5.41, 5.74) is 0. The van der Waals surface area contributed by atoms with Gasteiger partial charge in [0, 0.05) is 12.5 Å². The summed E-state index contributed by atoms with van der Waals surface area (Å²) >= 11 is 0. The normalized spacial score (nSPS) is 20.3. The van der Waals surface area contributed by atoms with Crippen LogP contribution in [0.15, 0.2) is 0 Å². The van der Waals surface area contributed by atoms with E-state index in [9.17, 15) is 14.4 Å². The van der Waals surface area contributed by atoms with E-state index in [0.717, 1.165) is 0 Å². The van der Waals surface area contributed by atoms with E-state index in [1.54, 1.807) is 6.92 Å². The van der Waals surface area contributed by atoms with E-state index >= 15 is 0 Å². The van der Waals surface area contributed by atoms with Crippen LogP contribution in [0.3, 0.4) is 0 Å². The van der Waals surface area contributed by atoms with E-state index in [0.29, 0.717) is 25.9 Å². The monoisotopic (exact) mass is 271 g/mol. The number of hydrogen-bond donors (Lipinski definition) is 0. The summed E-state index contributed by atoms with van der Waals surface area (Å²) in [6.07, 6.45) is 1.48. The Balaban J connectivity index is 2.78. The van der Waals surface area contributed by atoms with Gasteiger partial charge in [0.2, 0.25) is 5.91 Å². The maximum Gasteiger partial charge on any atom is 0.328 e. The summed E-state index contributed by atoms with van der Waals surface area (Å²) in [4.78, 5) is 36.6. The molecule has 1 heterocycles. The fourth-order valence-electron chi connectivity index (χ4n) is 2.38. The van der Waals surface area contributed by atoms with Gasteiger partial charge in [0.15, 0.2) is 0 Å². The number of amides is 1. The van der Waals surface area contributed by atoms with Crippen LogP contribution in [0.4, 0.5) is 0 Å². The highest BCUT2D eigenvalue weighted by Crippen LogP contribution is 2.25. The SMILES string of the molecule is CCOC(=O)CC(CC)N1C(=O)CCC1C(=O)OC. The first kappa shape index (κ1) is 15.5. The van der Waals surface area contributed by atoms with Crippen LogP contribution in [0.25, 0.3) is 0 Å². The largest absolute Gasteiger partial charge is 0.467 e. The molecule has 108 valence electrons. The van der Waals surface area contributed by atoms with Crippen LogP contribution >= 0.6 is 0 Å². The lowest BCUT2D eigenvalue weighted by molar-refractivity contribution is -0.153. The summed E-state index contributed by atoms with van der Waals surface area (Å²) in [6, 6.07) is -0.880. The van der Waals surface area contributed by atoms with E-state index < -0.39 is 12.0 Å². The molecule has 1 saturated heterocycles. The number of carbonyl (C=O) groups excluding carboxylic acids is 3. The Morgan fingerprint density at radius 1 is 1.42 bits per heavy atom. The van der Waals surface area contributed by atoms with Crippen LogP contribution in [0.5, 0.6) is 0 Å². The van der Waals surface area contributed by atoms with Crippen LogP contribution in [-0.4, -0.2) is 48.5 Å². The molecule has 1 aliphatic heterocycles. The van der Waals surface area contributed by atoms with E-state index in [4.69, 9.17) is 9.47 Å². The molecule has 2 unspecified atom stereocenters. The fraction of sp³-hybridized carbons (Fsp3) is 0.769. The molecule has 0 spiro atoms. The lowest BCUT2D eigenvalue weighted by Gasteiger charge is -2.30. The quantitative estimate of drug-likeness (QED) is 0.671. The maximum absolute atomic E-state index is 11.9. The van der Waals surface area contributed by atoms with Crippen molar-refractivity contribution in [2.45, 2.75) is 51.6 Å². The lowest BCUT2D eigenvalue weighted by atomic mass is 10.1. The minimum absolute atomic E-state index is 0.105. The third-order valence-electron chi connectivity index (χ3n) is 3.30. The van der Waals surface area contributed by atoms with Crippen molar-refractivity contribution in [3.05, 3.63) is 0 Å². The van der Waals surface area contributed by atoms with Crippen molar-refractivity contribution in [2.75, 3.05) is 13.7 Å². The lowest BCUT2D eigenvalue weighted by Crippen LogP contribution is -2.46. The first-order valence-electron chi connectivity index (χ1n) is 6.59. The third kappa shape index (κ3) is 3.68. The number of esters is 2. The first-order valence-corrected chi connectivity index (χ1v) is 6.59. The molecule has 6 heteroatoms. The number of ether oxygens (including phenoxy) is 2. The van der Waals surface area contributed by atoms with Crippen molar-refractivity contribution >= 4 is 17.8 Å². The molecule has 2 atom stereocenters. The number of rotatable bonds is 6. The number of nitrogens with zero attached hydrogens (tertiary/aromatic N) is 1. The van der Waals surface area contributed by atoms with Gasteiger partial charge in [-0.1, -0.05) is 6.92 Å². The number of methoxy groups -OCH3 is 1. The first-order chi connectivity index (χ1) is 9.04. The summed E-state index contributed by atoms with van der Waals surface area (Å²) in [5, 5.41) is 0. The van der Waals surface area contributed by atoms with Crippen LogP contribution < -0.4 is 0 Å². The van der Waals surface area contributed by atoms with Gasteiger partial charge >= 0.3 is 11.9 Å². The second-order valence-corrected chi connectivity index (χ2v) is 4.45. The molecule has 1 amide bonds. The standard InChI is InChI=1S/C13H21NO5/c1-4-9(8-12(16)19-5-2)14-10(13(17)18-3)6-7-11(14)15/h9-10H,4-8H2,1-3H3. The molecule has 1 rings (SSSR count). The Labute approximate surface area is 113 Å². The van der Waals surface area contributed by atoms with Crippen molar-refractivity contribution in [1.82, 2.24) is 4.90 Å². The number of carbonyl (C=O) groups is 3. The van der Waals surface area contributed by atoms with Crippen molar-refractivity contribution in [3.63, 3.8) is 0 Å². The molecule has 0 aromatic carbocycles. The van der Waals surface area contributed by atoms with Crippen LogP contribution in [0, 0.1) is 0 Å². The predicted molar refractivity (Wildman–Crippen MR) is 67.2 cm³/mol. The Bertz CT molecular complexity index is 355. The topological polar surface area (TPSA) is 72.9 Å². The van der Waals surface area contributed by atoms with Gasteiger partial charge in [-0.25, -0.2) is 4.79 Å². The Kier molecular flexibility index (Phi) is 5.79. The molecule has 0 aromatic heterocycles. The average Bonchev–Trinajstić information content (AvgIpc) is 2.77. The molecular formula is C13H21NO5. The second-order valence-electron chi connectivity index (χ2n) is 4.45. The van der Waals surface area contributed by atoms with Crippen molar-refractivity contribution in [2.24, 2.45) is 0 Å². The molecular weight excluding hydrogens is 250 g/mol. The molecule has 1 aliphatic rings. The van der Waals surface area contributed by atoms with Crippen molar-refractivity contribution in [3.8, 4) is 0 Å². The second kappa shape index (κ2) is 7.11. The number of hydrogen-bond acceptors (Lipinski definition) is 5. The Morgan fingerprint density at radius 2 is 2.11 bits per heavy atom. The number of likely N-dealkylation sites (tertiary alicyclic amines) is 1. The van der Waals surface area contributed by atoms with Gasteiger partial charge in [0.05, 0.1) is 20.1 Å². The Morgan fingerprint density at radius 3 is 2.63 bits per heavy atom. The van der Waals surface area contributed by atoms with Gasteiger partial charge in [0.1, 0.15) is 6.04 Å². The van der Waals surface area contributed by atoms with Gasteiger partial charge in [-0.05, 0) is 19.8 Å². The predicted octanol–water partition coefficient (Wildman–Crippen LogP) is 0.882. The van der Waals surface area contributed by atoms with E-state index in [2.05, 4.69) is 0 Å². The van der Waals surface area contributed by atoms with Crippen LogP contribution in [0.1, 0.15) is 39.5 Å². The zero-order valence-corrected chi connectivity index (χ0v) is 11.7. The van der Waals surface area contributed by atoms with E-state index in [1.807, 2.05) is 6.92 Å². The molecule has 19 heavy (non-hydrogen) atoms. The smallest absolute Gasteiger partial charge is 0.328 e. The van der Waals surface area contributed by atoms with Crippen molar-refractivity contribution < 1.29 is 23.9 Å². The average molecular weight is 271 g/mol. The highest BCUT2D eigenvalue weighted by molar-refractivity contribution is 5.88. The summed E-state index contributed by atoms with van der Waals surface area (Å²) in [7, 11) is 1.30. The van der Waals surface area contributed by atoms with Gasteiger partial charge < -0.3 is 14.4 Å². The van der Waals surface area contributed by atoms with Gasteiger partial charge in [-0.2, -0.15) is 0 Å². The van der Waals surface area contributed by atoms with E-state index in [1.165, 1.54) is 12.0 Å². The third-order valence-corrected chi connectivity index (χ3v) is 3.30. The summed E-state index contributed by atoms with van der Waals surface area (Å²) in [5.74, 6) is -0.877. The molecule has 0 radical (unpaired) electrons. The zero-order valence-electron chi connectivity index (χ0n) is 11.7. The highest BCUT2D eigenvalue weighted by Gasteiger charge is 2.41. The molecule has 6 nitrogen and oxygen atoms in total. The maximum atomic E-state index is 11.9. The highest BCUT2D eigenvalue weighted by atomic mass is 16.5. The van der Waals surface area contributed by atoms with Gasteiger partial charge in [-0.15, -0.1) is 0 Å². The van der Waals surface area contributed by atoms with Gasteiger partial charge in [-0.3, -0.25) is 9.59 Å². The minimum Gasteiger partial charge on any atom is -0.467 e. The molecule has 0 bridgehead atoms. The summed E-state index contributed by atoms with van der Waals surface area (Å²) < 4.78 is 9.61. The van der Waals surface area contributed by atoms with Crippen LogP contribution in [0.2, 0.25) is 0 Å². The Hall–Kier alpha value is -1.59. The minimum atomic E-state index is -0.572. The molecule has 0 aliphatic carbocycles. The molecule has 0 saturated carbocycles. The molecule has 0 aromatic rings. The molecule has 0 N–H and O–H groups in total. The van der Waals surface area contributed by atoms with Crippen LogP contribution in [-0.2, 0) is 23.9 Å². The zero-order chi connectivity index (χ0) is 14.4. The van der Waals surface area contributed by atoms with E-state index in [-0.39, 0.29) is 24.3 Å². The summed E-state index contributed by atoms with van der Waals surface area (Å²) in [6.45, 7) is 3.92. The van der Waals surface area contributed by atoms with Gasteiger partial charge in [0.25, 0.3) is 0 Å². The fourth-order valence-corrected chi connectivity index (χ4v) is 2.38. The van der Waals surface area contributed by atoms with Crippen molar-refractivity contribution in [1.29, 1.82) is 0 Å².